The van der Waals surface area contributed by atoms with E-state index in [0.717, 1.165) is 18.4 Å². The molecule has 7 heteroatoms. The summed E-state index contributed by atoms with van der Waals surface area (Å²) in [6, 6.07) is 5.30. The number of halogens is 2. The van der Waals surface area contributed by atoms with Gasteiger partial charge >= 0.3 is 0 Å². The molecule has 2 rings (SSSR count). The Morgan fingerprint density at radius 1 is 1.35 bits per heavy atom. The van der Waals surface area contributed by atoms with Gasteiger partial charge in [0.2, 0.25) is 5.91 Å². The zero-order chi connectivity index (χ0) is 15.9. The number of nitrogens with one attached hydrogen (secondary N) is 3. The number of aliphatic imine (C=N–C) groups is 1. The van der Waals surface area contributed by atoms with E-state index in [4.69, 9.17) is 0 Å². The molecule has 0 radical (unpaired) electrons. The molecule has 3 N–H and O–H groups in total. The second-order valence-electron chi connectivity index (χ2n) is 5.47. The van der Waals surface area contributed by atoms with Crippen LogP contribution in [-0.4, -0.2) is 31.0 Å². The van der Waals surface area contributed by atoms with E-state index in [1.54, 1.807) is 19.1 Å². The number of guanidine groups is 1. The SMILES string of the molecule is CCNC(=NCc1ccc(F)c(C)c1)NCC(=O)NC1CC1.I. The first kappa shape index (κ1) is 19.7. The van der Waals surface area contributed by atoms with Crippen molar-refractivity contribution in [2.45, 2.75) is 39.3 Å². The van der Waals surface area contributed by atoms with Gasteiger partial charge in [-0.1, -0.05) is 12.1 Å². The number of benzene rings is 1. The molecule has 23 heavy (non-hydrogen) atoms. The number of carbonyl (C=O) groups is 1. The van der Waals surface area contributed by atoms with Crippen molar-refractivity contribution in [3.05, 3.63) is 35.1 Å². The Kier molecular flexibility index (Phi) is 8.29. The minimum Gasteiger partial charge on any atom is -0.357 e. The summed E-state index contributed by atoms with van der Waals surface area (Å²) in [6.07, 6.45) is 2.15. The van der Waals surface area contributed by atoms with Crippen molar-refractivity contribution in [3.63, 3.8) is 0 Å². The van der Waals surface area contributed by atoms with Gasteiger partial charge in [-0.15, -0.1) is 24.0 Å². The lowest BCUT2D eigenvalue weighted by atomic mass is 10.1. The van der Waals surface area contributed by atoms with Gasteiger partial charge in [0, 0.05) is 12.6 Å². The molecule has 0 aromatic heterocycles. The number of hydrogen-bond acceptors (Lipinski definition) is 2. The van der Waals surface area contributed by atoms with Crippen molar-refractivity contribution in [3.8, 4) is 0 Å². The van der Waals surface area contributed by atoms with Crippen LogP contribution >= 0.6 is 24.0 Å². The molecule has 0 aliphatic heterocycles. The van der Waals surface area contributed by atoms with E-state index in [-0.39, 0.29) is 42.2 Å². The zero-order valence-corrected chi connectivity index (χ0v) is 15.8. The zero-order valence-electron chi connectivity index (χ0n) is 13.5. The van der Waals surface area contributed by atoms with Crippen molar-refractivity contribution in [1.29, 1.82) is 0 Å². The van der Waals surface area contributed by atoms with Crippen LogP contribution in [0, 0.1) is 12.7 Å². The third-order valence-electron chi connectivity index (χ3n) is 3.35. The molecule has 0 atom stereocenters. The van der Waals surface area contributed by atoms with Crippen molar-refractivity contribution in [2.24, 2.45) is 4.99 Å². The minimum absolute atomic E-state index is 0. The first-order valence-electron chi connectivity index (χ1n) is 7.65. The predicted octanol–water partition coefficient (Wildman–Crippen LogP) is 2.09. The summed E-state index contributed by atoms with van der Waals surface area (Å²) in [5.41, 5.74) is 1.54. The van der Waals surface area contributed by atoms with E-state index in [1.807, 2.05) is 6.92 Å². The molecule has 1 aromatic rings. The van der Waals surface area contributed by atoms with Crippen LogP contribution in [0.25, 0.3) is 0 Å². The topological polar surface area (TPSA) is 65.5 Å². The average Bonchev–Trinajstić information content (AvgIpc) is 3.29. The van der Waals surface area contributed by atoms with E-state index in [0.29, 0.717) is 30.7 Å². The number of rotatable bonds is 6. The van der Waals surface area contributed by atoms with Crippen LogP contribution in [-0.2, 0) is 11.3 Å². The summed E-state index contributed by atoms with van der Waals surface area (Å²) in [6.45, 7) is 5.03. The molecule has 1 saturated carbocycles. The summed E-state index contributed by atoms with van der Waals surface area (Å²) in [4.78, 5) is 16.1. The Labute approximate surface area is 153 Å². The maximum atomic E-state index is 13.2. The lowest BCUT2D eigenvalue weighted by Crippen LogP contribution is -2.43. The molecule has 0 heterocycles. The van der Waals surface area contributed by atoms with E-state index < -0.39 is 0 Å². The molecule has 1 amide bonds. The molecule has 5 nitrogen and oxygen atoms in total. The highest BCUT2D eigenvalue weighted by atomic mass is 127. The van der Waals surface area contributed by atoms with Crippen molar-refractivity contribution < 1.29 is 9.18 Å². The standard InChI is InChI=1S/C16H23FN4O.HI/c1-3-18-16(20-10-15(22)21-13-5-6-13)19-9-12-4-7-14(17)11(2)8-12;/h4,7-8,13H,3,5-6,9-10H2,1-2H3,(H,21,22)(H2,18,19,20);1H. The van der Waals surface area contributed by atoms with Crippen LogP contribution in [0.5, 0.6) is 0 Å². The van der Waals surface area contributed by atoms with Gasteiger partial charge in [0.25, 0.3) is 0 Å². The molecular formula is C16H24FIN4O. The normalized spacial score (nSPS) is 14.0. The Morgan fingerprint density at radius 2 is 2.09 bits per heavy atom. The number of hydrogen-bond donors (Lipinski definition) is 3. The fourth-order valence-electron chi connectivity index (χ4n) is 1.99. The summed E-state index contributed by atoms with van der Waals surface area (Å²) in [5, 5.41) is 9.00. The van der Waals surface area contributed by atoms with E-state index >= 15 is 0 Å². The van der Waals surface area contributed by atoms with E-state index in [9.17, 15) is 9.18 Å². The number of amides is 1. The van der Waals surface area contributed by atoms with Gasteiger partial charge in [-0.05, 0) is 43.9 Å². The maximum absolute atomic E-state index is 13.2. The fourth-order valence-corrected chi connectivity index (χ4v) is 1.99. The summed E-state index contributed by atoms with van der Waals surface area (Å²) in [7, 11) is 0. The molecule has 0 saturated heterocycles. The van der Waals surface area contributed by atoms with Crippen LogP contribution in [0.4, 0.5) is 4.39 Å². The number of aryl methyl sites for hydroxylation is 1. The number of nitrogens with zero attached hydrogens (tertiary/aromatic N) is 1. The summed E-state index contributed by atoms with van der Waals surface area (Å²) in [5.74, 6) is 0.343. The van der Waals surface area contributed by atoms with Gasteiger partial charge < -0.3 is 16.0 Å². The third-order valence-corrected chi connectivity index (χ3v) is 3.35. The summed E-state index contributed by atoms with van der Waals surface area (Å²) < 4.78 is 13.2. The molecule has 128 valence electrons. The second-order valence-corrected chi connectivity index (χ2v) is 5.47. The largest absolute Gasteiger partial charge is 0.357 e. The lowest BCUT2D eigenvalue weighted by molar-refractivity contribution is -0.120. The average molecular weight is 434 g/mol. The summed E-state index contributed by atoms with van der Waals surface area (Å²) >= 11 is 0. The highest BCUT2D eigenvalue weighted by Crippen LogP contribution is 2.18. The highest BCUT2D eigenvalue weighted by Gasteiger charge is 2.22. The van der Waals surface area contributed by atoms with E-state index in [1.165, 1.54) is 6.07 Å². The van der Waals surface area contributed by atoms with Crippen LogP contribution in [0.2, 0.25) is 0 Å². The maximum Gasteiger partial charge on any atom is 0.239 e. The molecule has 0 unspecified atom stereocenters. The van der Waals surface area contributed by atoms with Gasteiger partial charge in [-0.2, -0.15) is 0 Å². The van der Waals surface area contributed by atoms with Crippen LogP contribution < -0.4 is 16.0 Å². The first-order valence-corrected chi connectivity index (χ1v) is 7.65. The van der Waals surface area contributed by atoms with Crippen molar-refractivity contribution in [1.82, 2.24) is 16.0 Å². The Hall–Kier alpha value is -1.38. The van der Waals surface area contributed by atoms with Gasteiger partial charge in [0.1, 0.15) is 5.82 Å². The molecular weight excluding hydrogens is 410 g/mol. The number of carbonyl (C=O) groups excluding carboxylic acids is 1. The van der Waals surface area contributed by atoms with Crippen molar-refractivity contribution >= 4 is 35.8 Å². The molecule has 1 aliphatic carbocycles. The van der Waals surface area contributed by atoms with Crippen LogP contribution in [0.3, 0.4) is 0 Å². The minimum atomic E-state index is -0.213. The second kappa shape index (κ2) is 9.69. The van der Waals surface area contributed by atoms with Crippen LogP contribution in [0.1, 0.15) is 30.9 Å². The van der Waals surface area contributed by atoms with Crippen LogP contribution in [0.15, 0.2) is 23.2 Å². The van der Waals surface area contributed by atoms with Gasteiger partial charge in [0.15, 0.2) is 5.96 Å². The Balaban J connectivity index is 0.00000264. The van der Waals surface area contributed by atoms with Gasteiger partial charge in [-0.3, -0.25) is 4.79 Å². The quantitative estimate of drug-likeness (QED) is 0.365. The Morgan fingerprint density at radius 3 is 2.70 bits per heavy atom. The molecule has 1 fully saturated rings. The van der Waals surface area contributed by atoms with E-state index in [2.05, 4.69) is 20.9 Å². The molecule has 1 aliphatic rings. The molecule has 0 bridgehead atoms. The van der Waals surface area contributed by atoms with Gasteiger partial charge in [-0.25, -0.2) is 9.38 Å². The van der Waals surface area contributed by atoms with Crippen molar-refractivity contribution in [2.75, 3.05) is 13.1 Å². The Bertz CT molecular complexity index is 561. The van der Waals surface area contributed by atoms with Gasteiger partial charge in [0.05, 0.1) is 13.1 Å². The molecule has 1 aromatic carbocycles. The first-order chi connectivity index (χ1) is 10.6. The smallest absolute Gasteiger partial charge is 0.239 e. The predicted molar refractivity (Wildman–Crippen MR) is 101 cm³/mol. The third kappa shape index (κ3) is 7.15. The fraction of sp³-hybridized carbons (Fsp3) is 0.500. The highest BCUT2D eigenvalue weighted by molar-refractivity contribution is 14.0. The lowest BCUT2D eigenvalue weighted by Gasteiger charge is -2.11. The molecule has 0 spiro atoms. The monoisotopic (exact) mass is 434 g/mol.